The third-order valence-corrected chi connectivity index (χ3v) is 12.6. The number of benzene rings is 3. The van der Waals surface area contributed by atoms with Gasteiger partial charge < -0.3 is 19.3 Å². The van der Waals surface area contributed by atoms with Crippen molar-refractivity contribution in [3.05, 3.63) is 88.8 Å². The van der Waals surface area contributed by atoms with Gasteiger partial charge in [0.2, 0.25) is 0 Å². The van der Waals surface area contributed by atoms with Crippen LogP contribution in [0.4, 0.5) is 0 Å². The van der Waals surface area contributed by atoms with Gasteiger partial charge in [-0.05, 0) is 48.4 Å². The predicted octanol–water partition coefficient (Wildman–Crippen LogP) is 4.85. The minimum absolute atomic E-state index is 0.0145. The van der Waals surface area contributed by atoms with Gasteiger partial charge in [-0.2, -0.15) is 9.78 Å². The van der Waals surface area contributed by atoms with Crippen LogP contribution < -0.4 is 20.2 Å². The summed E-state index contributed by atoms with van der Waals surface area (Å²) in [6, 6.07) is 21.5. The first-order valence-corrected chi connectivity index (χ1v) is 16.4. The van der Waals surface area contributed by atoms with Crippen molar-refractivity contribution >= 4 is 24.0 Å². The molecule has 4 aromatic rings. The predicted molar refractivity (Wildman–Crippen MR) is 156 cm³/mol. The smallest absolute Gasteiger partial charge is 0.279 e. The van der Waals surface area contributed by atoms with Gasteiger partial charge in [0, 0.05) is 30.6 Å². The second kappa shape index (κ2) is 11.0. The zero-order chi connectivity index (χ0) is 27.7. The van der Waals surface area contributed by atoms with Crippen LogP contribution >= 0.6 is 0 Å². The van der Waals surface area contributed by atoms with E-state index in [1.54, 1.807) is 20.4 Å². The number of ether oxygens (including phenoxy) is 3. The van der Waals surface area contributed by atoms with Gasteiger partial charge in [0.25, 0.3) is 5.56 Å². The van der Waals surface area contributed by atoms with Gasteiger partial charge in [0.05, 0.1) is 38.6 Å². The Hall–Kier alpha value is -3.46. The van der Waals surface area contributed by atoms with Crippen LogP contribution in [0.15, 0.2) is 77.7 Å². The third kappa shape index (κ3) is 4.88. The highest BCUT2D eigenvalue weighted by molar-refractivity contribution is 6.91. The zero-order valence-corrected chi connectivity index (χ0v) is 24.1. The number of nitrogens with zero attached hydrogens (tertiary/aromatic N) is 2. The van der Waals surface area contributed by atoms with Crippen molar-refractivity contribution in [1.82, 2.24) is 9.78 Å². The normalized spacial score (nSPS) is 19.8. The van der Waals surface area contributed by atoms with Gasteiger partial charge in [-0.1, -0.05) is 55.5 Å². The minimum atomic E-state index is -2.11. The Morgan fingerprint density at radius 1 is 1.08 bits per heavy atom. The van der Waals surface area contributed by atoms with E-state index in [9.17, 15) is 9.90 Å². The Bertz CT molecular complexity index is 1520. The molecule has 0 spiro atoms. The van der Waals surface area contributed by atoms with Crippen molar-refractivity contribution in [3.63, 3.8) is 0 Å². The summed E-state index contributed by atoms with van der Waals surface area (Å²) < 4.78 is 19.6. The lowest BCUT2D eigenvalue weighted by molar-refractivity contribution is -0.0242. The van der Waals surface area contributed by atoms with Gasteiger partial charge in [0.15, 0.2) is 0 Å². The molecule has 7 nitrogen and oxygen atoms in total. The topological polar surface area (TPSA) is 82.8 Å². The van der Waals surface area contributed by atoms with E-state index in [0.717, 1.165) is 22.4 Å². The number of hydrogen-bond acceptors (Lipinski definition) is 6. The lowest BCUT2D eigenvalue weighted by Gasteiger charge is -2.45. The van der Waals surface area contributed by atoms with E-state index in [0.29, 0.717) is 17.5 Å². The molecule has 2 heterocycles. The first kappa shape index (κ1) is 27.1. The van der Waals surface area contributed by atoms with Gasteiger partial charge >= 0.3 is 0 Å². The molecular formula is C31H36N2O5Si. The van der Waals surface area contributed by atoms with Crippen molar-refractivity contribution in [1.29, 1.82) is 0 Å². The summed E-state index contributed by atoms with van der Waals surface area (Å²) in [6.07, 6.45) is 1.97. The van der Waals surface area contributed by atoms with E-state index in [-0.39, 0.29) is 35.8 Å². The summed E-state index contributed by atoms with van der Waals surface area (Å²) in [5.74, 6) is 1.58. The Morgan fingerprint density at radius 2 is 1.82 bits per heavy atom. The SMILES string of the molecule is COc1ccc([Si](C)(C)C(CCO)[C@H]2Oc3ccc(-n4ncc5ccccc5c4=O)cc3[C@@H](OC)[C@@H]2C)cc1. The van der Waals surface area contributed by atoms with Crippen LogP contribution in [-0.2, 0) is 4.74 Å². The lowest BCUT2D eigenvalue weighted by atomic mass is 9.86. The molecule has 1 N–H and O–H groups in total. The zero-order valence-electron chi connectivity index (χ0n) is 23.1. The summed E-state index contributed by atoms with van der Waals surface area (Å²) >= 11 is 0. The molecule has 8 heteroatoms. The van der Waals surface area contributed by atoms with Crippen LogP contribution in [0.3, 0.4) is 0 Å². The van der Waals surface area contributed by atoms with Crippen molar-refractivity contribution in [2.75, 3.05) is 20.8 Å². The van der Waals surface area contributed by atoms with Gasteiger partial charge in [-0.3, -0.25) is 4.79 Å². The average molecular weight is 545 g/mol. The van der Waals surface area contributed by atoms with Crippen LogP contribution in [0.1, 0.15) is 25.0 Å². The van der Waals surface area contributed by atoms with Crippen LogP contribution in [0.2, 0.25) is 18.6 Å². The molecule has 0 amide bonds. The molecular weight excluding hydrogens is 508 g/mol. The number of aromatic nitrogens is 2. The van der Waals surface area contributed by atoms with Crippen LogP contribution in [0.25, 0.3) is 16.5 Å². The standard InChI is InChI=1S/C31H36N2O5Si/c1-20-29(37-3)26-18-22(33-31(35)25-9-7-6-8-21(25)19-32-33)10-15-27(26)38-30(20)28(16-17-34)39(4,5)24-13-11-23(36-2)12-14-24/h6-15,18-20,28-30,34H,16-17H2,1-5H3/t20-,28?,29-,30-/m0/s1. The second-order valence-electron chi connectivity index (χ2n) is 10.8. The summed E-state index contributed by atoms with van der Waals surface area (Å²) in [6.45, 7) is 6.91. The maximum Gasteiger partial charge on any atom is 0.279 e. The van der Waals surface area contributed by atoms with Crippen molar-refractivity contribution in [2.24, 2.45) is 5.92 Å². The summed E-state index contributed by atoms with van der Waals surface area (Å²) in [5, 5.41) is 17.3. The molecule has 3 aromatic carbocycles. The fourth-order valence-electron chi connectivity index (χ4n) is 6.08. The average Bonchev–Trinajstić information content (AvgIpc) is 2.96. The molecule has 0 aliphatic carbocycles. The van der Waals surface area contributed by atoms with Crippen molar-refractivity contribution in [2.45, 2.75) is 44.2 Å². The first-order valence-electron chi connectivity index (χ1n) is 13.4. The Kier molecular flexibility index (Phi) is 7.62. The van der Waals surface area contributed by atoms with E-state index in [2.05, 4.69) is 37.2 Å². The fourth-order valence-corrected chi connectivity index (χ4v) is 9.58. The highest BCUT2D eigenvalue weighted by atomic mass is 28.3. The number of methoxy groups -OCH3 is 2. The molecule has 1 aromatic heterocycles. The Morgan fingerprint density at radius 3 is 2.51 bits per heavy atom. The molecule has 1 aliphatic heterocycles. The number of aliphatic hydroxyl groups is 1. The maximum absolute atomic E-state index is 13.2. The molecule has 5 rings (SSSR count). The molecule has 0 fully saturated rings. The van der Waals surface area contributed by atoms with E-state index < -0.39 is 8.07 Å². The molecule has 0 saturated carbocycles. The second-order valence-corrected chi connectivity index (χ2v) is 15.6. The van der Waals surface area contributed by atoms with Crippen LogP contribution in [0.5, 0.6) is 11.5 Å². The molecule has 0 bridgehead atoms. The van der Waals surface area contributed by atoms with Crippen LogP contribution in [0, 0.1) is 5.92 Å². The maximum atomic E-state index is 13.2. The van der Waals surface area contributed by atoms with E-state index >= 15 is 0 Å². The number of rotatable bonds is 8. The largest absolute Gasteiger partial charge is 0.497 e. The molecule has 1 aliphatic rings. The minimum Gasteiger partial charge on any atom is -0.497 e. The highest BCUT2D eigenvalue weighted by Gasteiger charge is 2.47. The Labute approximate surface area is 230 Å². The summed E-state index contributed by atoms with van der Waals surface area (Å²) in [5.41, 5.74) is 1.54. The molecule has 204 valence electrons. The molecule has 39 heavy (non-hydrogen) atoms. The summed E-state index contributed by atoms with van der Waals surface area (Å²) in [4.78, 5) is 13.2. The highest BCUT2D eigenvalue weighted by Crippen LogP contribution is 2.47. The molecule has 1 unspecified atom stereocenters. The first-order chi connectivity index (χ1) is 18.8. The van der Waals surface area contributed by atoms with Crippen molar-refractivity contribution in [3.8, 4) is 17.2 Å². The number of fused-ring (bicyclic) bond motifs is 2. The number of hydrogen-bond donors (Lipinski definition) is 1. The molecule has 4 atom stereocenters. The van der Waals surface area contributed by atoms with E-state index in [1.807, 2.05) is 54.6 Å². The van der Waals surface area contributed by atoms with Gasteiger partial charge in [-0.25, -0.2) is 0 Å². The van der Waals surface area contributed by atoms with Crippen LogP contribution in [-0.4, -0.2) is 49.9 Å². The van der Waals surface area contributed by atoms with E-state index in [1.165, 1.54) is 9.87 Å². The fraction of sp³-hybridized carbons (Fsp3) is 0.355. The molecule has 0 saturated heterocycles. The van der Waals surface area contributed by atoms with Gasteiger partial charge in [0.1, 0.15) is 17.6 Å². The molecule has 0 radical (unpaired) electrons. The summed E-state index contributed by atoms with van der Waals surface area (Å²) in [7, 11) is 1.28. The monoisotopic (exact) mass is 544 g/mol. The third-order valence-electron chi connectivity index (χ3n) is 8.35. The van der Waals surface area contributed by atoms with Gasteiger partial charge in [-0.15, -0.1) is 0 Å². The Balaban J connectivity index is 1.53. The van der Waals surface area contributed by atoms with E-state index in [4.69, 9.17) is 14.2 Å². The number of aliphatic hydroxyl groups excluding tert-OH is 1. The quantitative estimate of drug-likeness (QED) is 0.320. The van der Waals surface area contributed by atoms with Crippen molar-refractivity contribution < 1.29 is 19.3 Å². The lowest BCUT2D eigenvalue weighted by Crippen LogP contribution is -2.54.